The van der Waals surface area contributed by atoms with Gasteiger partial charge in [0.2, 0.25) is 10.0 Å². The number of sulfonamides is 1. The number of alkyl halides is 2. The summed E-state index contributed by atoms with van der Waals surface area (Å²) in [6, 6.07) is 8.47. The number of nitrogens with one attached hydrogen (secondary N) is 2. The van der Waals surface area contributed by atoms with Gasteiger partial charge in [0.15, 0.2) is 0 Å². The van der Waals surface area contributed by atoms with E-state index >= 15 is 0 Å². The third-order valence-electron chi connectivity index (χ3n) is 8.51. The van der Waals surface area contributed by atoms with Crippen LogP contribution in [0.15, 0.2) is 35.8 Å². The molecule has 0 radical (unpaired) electrons. The van der Waals surface area contributed by atoms with Crippen LogP contribution < -0.4 is 19.8 Å². The van der Waals surface area contributed by atoms with Crippen molar-refractivity contribution in [1.29, 1.82) is 0 Å². The van der Waals surface area contributed by atoms with Crippen LogP contribution in [0.4, 0.5) is 31.5 Å². The molecular formula is C28H33F2N5O4S2. The smallest absolute Gasteiger partial charge is 0.257 e. The summed E-state index contributed by atoms with van der Waals surface area (Å²) in [6.07, 6.45) is 4.04. The summed E-state index contributed by atoms with van der Waals surface area (Å²) in [5, 5.41) is 12.1. The van der Waals surface area contributed by atoms with Crippen LogP contribution in [0.3, 0.4) is 0 Å². The number of amides is 1. The molecule has 13 heteroatoms. The van der Waals surface area contributed by atoms with Gasteiger partial charge in [-0.1, -0.05) is 0 Å². The predicted octanol–water partition coefficient (Wildman–Crippen LogP) is 4.90. The standard InChI is InChI=1S/C28H33F2N5O4S2/c29-28(30)7-11-35(12-8-28)23-16-20(17-24-25(23)31-18-40-24)32-26(37)21-2-1-19(33-41(38,39)14-13-36)15-22(21)34-9-5-27(3-4-27)6-10-34/h1-2,15-18,33,36H,3-14H2,(H,32,37). The number of hydrogen-bond donors (Lipinski definition) is 3. The average Bonchev–Trinajstić information content (AvgIpc) is 3.50. The zero-order valence-corrected chi connectivity index (χ0v) is 24.2. The number of benzene rings is 2. The van der Waals surface area contributed by atoms with E-state index in [9.17, 15) is 22.0 Å². The van der Waals surface area contributed by atoms with Gasteiger partial charge in [0.05, 0.1) is 45.2 Å². The normalized spacial score (nSPS) is 19.9. The third kappa shape index (κ3) is 6.12. The van der Waals surface area contributed by atoms with Crippen LogP contribution in [0.25, 0.3) is 10.2 Å². The van der Waals surface area contributed by atoms with Gasteiger partial charge in [-0.25, -0.2) is 22.2 Å². The minimum Gasteiger partial charge on any atom is -0.395 e. The summed E-state index contributed by atoms with van der Waals surface area (Å²) in [4.78, 5) is 22.2. The Morgan fingerprint density at radius 1 is 0.951 bits per heavy atom. The van der Waals surface area contributed by atoms with Crippen molar-refractivity contribution in [2.75, 3.05) is 58.4 Å². The maximum absolute atomic E-state index is 13.8. The lowest BCUT2D eigenvalue weighted by Crippen LogP contribution is -2.39. The van der Waals surface area contributed by atoms with Gasteiger partial charge in [-0.15, -0.1) is 11.3 Å². The van der Waals surface area contributed by atoms with E-state index in [2.05, 4.69) is 19.9 Å². The van der Waals surface area contributed by atoms with E-state index in [1.807, 2.05) is 11.0 Å². The maximum atomic E-state index is 13.8. The highest BCUT2D eigenvalue weighted by Crippen LogP contribution is 2.54. The molecule has 2 saturated heterocycles. The number of nitrogens with zero attached hydrogens (tertiary/aromatic N) is 3. The number of halogens is 2. The first-order chi connectivity index (χ1) is 19.6. The number of fused-ring (bicyclic) bond motifs is 1. The van der Waals surface area contributed by atoms with Gasteiger partial charge in [-0.2, -0.15) is 0 Å². The van der Waals surface area contributed by atoms with Crippen molar-refractivity contribution in [3.63, 3.8) is 0 Å². The van der Waals surface area contributed by atoms with Crippen molar-refractivity contribution >= 4 is 60.2 Å². The molecule has 6 rings (SSSR count). The Kier molecular flexibility index (Phi) is 7.31. The lowest BCUT2D eigenvalue weighted by atomic mass is 9.93. The topological polar surface area (TPSA) is 115 Å². The molecule has 2 aromatic carbocycles. The largest absolute Gasteiger partial charge is 0.395 e. The molecular weight excluding hydrogens is 572 g/mol. The number of anilines is 4. The van der Waals surface area contributed by atoms with Gasteiger partial charge < -0.3 is 20.2 Å². The number of hydrogen-bond acceptors (Lipinski definition) is 8. The minimum atomic E-state index is -3.74. The molecule has 1 aliphatic carbocycles. The zero-order chi connectivity index (χ0) is 28.8. The quantitative estimate of drug-likeness (QED) is 0.335. The van der Waals surface area contributed by atoms with Crippen LogP contribution in [0.1, 0.15) is 48.9 Å². The molecule has 0 unspecified atom stereocenters. The van der Waals surface area contributed by atoms with Crippen LogP contribution in [0.5, 0.6) is 0 Å². The molecule has 2 aliphatic heterocycles. The van der Waals surface area contributed by atoms with Crippen LogP contribution in [-0.4, -0.2) is 68.9 Å². The van der Waals surface area contributed by atoms with Gasteiger partial charge >= 0.3 is 0 Å². The molecule has 1 amide bonds. The number of aromatic nitrogens is 1. The fourth-order valence-corrected chi connectivity index (χ4v) is 7.40. The minimum absolute atomic E-state index is 0.200. The summed E-state index contributed by atoms with van der Waals surface area (Å²) in [6.45, 7) is 1.44. The molecule has 220 valence electrons. The van der Waals surface area contributed by atoms with Crippen LogP contribution in [0, 0.1) is 5.41 Å². The molecule has 3 heterocycles. The summed E-state index contributed by atoms with van der Waals surface area (Å²) in [7, 11) is -3.74. The van der Waals surface area contributed by atoms with Gasteiger partial charge in [0.1, 0.15) is 5.52 Å². The van der Waals surface area contributed by atoms with Gasteiger partial charge in [0, 0.05) is 44.7 Å². The summed E-state index contributed by atoms with van der Waals surface area (Å²) in [5.41, 5.74) is 5.47. The fraction of sp³-hybridized carbons (Fsp3) is 0.500. The lowest BCUT2D eigenvalue weighted by molar-refractivity contribution is -0.0220. The first-order valence-electron chi connectivity index (χ1n) is 13.9. The number of carbonyl (C=O) groups is 1. The van der Waals surface area contributed by atoms with Gasteiger partial charge in [-0.05, 0) is 61.4 Å². The fourth-order valence-electron chi connectivity index (χ4n) is 5.83. The summed E-state index contributed by atoms with van der Waals surface area (Å²) in [5.74, 6) is -3.45. The highest BCUT2D eigenvalue weighted by Gasteiger charge is 2.44. The second kappa shape index (κ2) is 10.7. The van der Waals surface area contributed by atoms with Gasteiger partial charge in [0.25, 0.3) is 11.8 Å². The van der Waals surface area contributed by atoms with Crippen molar-refractivity contribution in [1.82, 2.24) is 4.98 Å². The third-order valence-corrected chi connectivity index (χ3v) is 10.6. The maximum Gasteiger partial charge on any atom is 0.257 e. The van der Waals surface area contributed by atoms with Crippen molar-refractivity contribution in [3.05, 3.63) is 41.4 Å². The van der Waals surface area contributed by atoms with Crippen LogP contribution >= 0.6 is 11.3 Å². The van der Waals surface area contributed by atoms with Crippen molar-refractivity contribution in [2.45, 2.75) is 44.4 Å². The molecule has 41 heavy (non-hydrogen) atoms. The molecule has 3 N–H and O–H groups in total. The SMILES string of the molecule is O=C(Nc1cc(N2CCC(F)(F)CC2)c2ncsc2c1)c1ccc(NS(=O)(=O)CCO)cc1N1CCC2(CC1)CC2. The van der Waals surface area contributed by atoms with Crippen molar-refractivity contribution < 1.29 is 27.1 Å². The number of aliphatic hydroxyl groups excluding tert-OH is 1. The molecule has 3 fully saturated rings. The van der Waals surface area contributed by atoms with Gasteiger partial charge in [-0.3, -0.25) is 9.52 Å². The molecule has 1 aromatic heterocycles. The second-order valence-corrected chi connectivity index (χ2v) is 14.1. The first kappa shape index (κ1) is 28.1. The lowest BCUT2D eigenvalue weighted by Gasteiger charge is -2.35. The molecule has 3 aliphatic rings. The zero-order valence-electron chi connectivity index (χ0n) is 22.5. The number of rotatable bonds is 8. The van der Waals surface area contributed by atoms with Crippen molar-refractivity contribution in [3.8, 4) is 0 Å². The Morgan fingerprint density at radius 3 is 2.29 bits per heavy atom. The highest BCUT2D eigenvalue weighted by molar-refractivity contribution is 7.92. The molecule has 1 saturated carbocycles. The first-order valence-corrected chi connectivity index (χ1v) is 16.4. The monoisotopic (exact) mass is 605 g/mol. The highest BCUT2D eigenvalue weighted by atomic mass is 32.2. The molecule has 1 spiro atoms. The molecule has 9 nitrogen and oxygen atoms in total. The number of thiazole rings is 1. The molecule has 0 bridgehead atoms. The van der Waals surface area contributed by atoms with Crippen LogP contribution in [0.2, 0.25) is 0 Å². The van der Waals surface area contributed by atoms with E-state index in [0.29, 0.717) is 33.7 Å². The van der Waals surface area contributed by atoms with E-state index in [4.69, 9.17) is 5.11 Å². The summed E-state index contributed by atoms with van der Waals surface area (Å²) >= 11 is 1.42. The number of piperidine rings is 2. The van der Waals surface area contributed by atoms with E-state index < -0.39 is 28.3 Å². The predicted molar refractivity (Wildman–Crippen MR) is 158 cm³/mol. The Labute approximate surface area is 241 Å². The summed E-state index contributed by atoms with van der Waals surface area (Å²) < 4.78 is 55.6. The molecule has 3 aromatic rings. The Balaban J connectivity index is 1.29. The Morgan fingerprint density at radius 2 is 1.61 bits per heavy atom. The number of carbonyl (C=O) groups excluding carboxylic acids is 1. The van der Waals surface area contributed by atoms with E-state index in [1.165, 1.54) is 24.2 Å². The van der Waals surface area contributed by atoms with E-state index in [-0.39, 0.29) is 31.8 Å². The Bertz CT molecular complexity index is 1550. The molecule has 0 atom stereocenters. The Hall–Kier alpha value is -3.03. The van der Waals surface area contributed by atoms with Crippen LogP contribution in [-0.2, 0) is 10.0 Å². The van der Waals surface area contributed by atoms with E-state index in [1.54, 1.807) is 29.8 Å². The average molecular weight is 606 g/mol. The van der Waals surface area contributed by atoms with E-state index in [0.717, 1.165) is 36.1 Å². The van der Waals surface area contributed by atoms with Crippen molar-refractivity contribution in [2.24, 2.45) is 5.41 Å². The second-order valence-electron chi connectivity index (χ2n) is 11.4. The number of aliphatic hydroxyl groups is 1.